The van der Waals surface area contributed by atoms with Gasteiger partial charge in [0.05, 0.1) is 17.5 Å². The molecule has 4 N–H and O–H groups in total. The summed E-state index contributed by atoms with van der Waals surface area (Å²) in [5.41, 5.74) is 7.70. The van der Waals surface area contributed by atoms with Gasteiger partial charge in [-0.25, -0.2) is 9.97 Å². The van der Waals surface area contributed by atoms with Crippen molar-refractivity contribution in [2.75, 3.05) is 5.73 Å². The van der Waals surface area contributed by atoms with Gasteiger partial charge >= 0.3 is 0 Å². The van der Waals surface area contributed by atoms with E-state index in [1.807, 2.05) is 41.2 Å². The van der Waals surface area contributed by atoms with Gasteiger partial charge in [0.1, 0.15) is 23.9 Å². The zero-order valence-corrected chi connectivity index (χ0v) is 15.1. The highest BCUT2D eigenvalue weighted by molar-refractivity contribution is 5.86. The molecule has 0 unspecified atom stereocenters. The van der Waals surface area contributed by atoms with Crippen LogP contribution in [0.15, 0.2) is 43.0 Å². The molecule has 3 aromatic rings. The van der Waals surface area contributed by atoms with Crippen molar-refractivity contribution >= 4 is 16.9 Å². The summed E-state index contributed by atoms with van der Waals surface area (Å²) in [7, 11) is 0. The molecule has 0 aromatic carbocycles. The molecule has 7 nitrogen and oxygen atoms in total. The molecule has 4 atom stereocenters. The minimum atomic E-state index is -0.808. The van der Waals surface area contributed by atoms with Gasteiger partial charge in [0.2, 0.25) is 0 Å². The maximum atomic E-state index is 10.6. The summed E-state index contributed by atoms with van der Waals surface area (Å²) in [4.78, 5) is 12.7. The Labute approximate surface area is 159 Å². The summed E-state index contributed by atoms with van der Waals surface area (Å²) in [5.74, 6) is 0.503. The number of nitrogens with zero attached hydrogens (tertiary/aromatic N) is 4. The average Bonchev–Trinajstić information content (AvgIpc) is 3.23. The van der Waals surface area contributed by atoms with Crippen LogP contribution in [-0.2, 0) is 6.42 Å². The average molecular weight is 369 g/mol. The van der Waals surface area contributed by atoms with E-state index in [-0.39, 0.29) is 13.4 Å². The molecule has 144 valence electrons. The van der Waals surface area contributed by atoms with E-state index in [1.54, 1.807) is 0 Å². The number of pyridine rings is 1. The Morgan fingerprint density at radius 3 is 2.81 bits per heavy atom. The molecule has 7 heteroatoms. The quantitative estimate of drug-likeness (QED) is 0.575. The number of fused-ring (bicyclic) bond motifs is 1. The number of rotatable bonds is 6. The SMILES string of the molecule is Nc1ncnc2c1ccn2[C@@H]1C[C@H](CCCCc2ccccn2)[C@@H](O)[C@H]1O.[HH]. The Hall–Kier alpha value is -2.51. The van der Waals surface area contributed by atoms with Crippen molar-refractivity contribution in [3.05, 3.63) is 48.7 Å². The van der Waals surface area contributed by atoms with Crippen LogP contribution in [-0.4, -0.2) is 41.9 Å². The van der Waals surface area contributed by atoms with Gasteiger partial charge in [-0.1, -0.05) is 12.5 Å². The minimum Gasteiger partial charge on any atom is -0.390 e. The first kappa shape index (κ1) is 17.9. The number of aliphatic hydroxyl groups excluding tert-OH is 2. The van der Waals surface area contributed by atoms with Gasteiger partial charge in [-0.15, -0.1) is 0 Å². The number of anilines is 1. The van der Waals surface area contributed by atoms with Crippen LogP contribution in [0.4, 0.5) is 5.82 Å². The minimum absolute atomic E-state index is 0. The fraction of sp³-hybridized carbons (Fsp3) is 0.450. The van der Waals surface area contributed by atoms with Gasteiger partial charge in [-0.3, -0.25) is 4.98 Å². The van der Waals surface area contributed by atoms with Gasteiger partial charge in [0.15, 0.2) is 0 Å². The lowest BCUT2D eigenvalue weighted by atomic mass is 9.97. The van der Waals surface area contributed by atoms with Crippen LogP contribution in [0.1, 0.15) is 38.8 Å². The molecule has 0 bridgehead atoms. The van der Waals surface area contributed by atoms with Crippen LogP contribution in [0, 0.1) is 5.92 Å². The molecule has 0 saturated heterocycles. The molecular formula is C20H27N5O2. The maximum Gasteiger partial charge on any atom is 0.145 e. The van der Waals surface area contributed by atoms with Crippen molar-refractivity contribution in [3.8, 4) is 0 Å². The molecule has 0 amide bonds. The lowest BCUT2D eigenvalue weighted by Crippen LogP contribution is -2.29. The molecule has 27 heavy (non-hydrogen) atoms. The summed E-state index contributed by atoms with van der Waals surface area (Å²) in [6, 6.07) is 7.62. The number of aromatic nitrogens is 4. The first-order valence-corrected chi connectivity index (χ1v) is 9.48. The Kier molecular flexibility index (Phi) is 5.05. The molecule has 1 aliphatic carbocycles. The molecule has 1 saturated carbocycles. The van der Waals surface area contributed by atoms with E-state index in [9.17, 15) is 10.2 Å². The summed E-state index contributed by atoms with van der Waals surface area (Å²) in [6.45, 7) is 0. The van der Waals surface area contributed by atoms with Crippen molar-refractivity contribution in [1.82, 2.24) is 19.5 Å². The fourth-order valence-electron chi connectivity index (χ4n) is 4.18. The third-order valence-electron chi connectivity index (χ3n) is 5.65. The molecule has 1 aliphatic rings. The Balaban J connectivity index is 0.00000225. The Morgan fingerprint density at radius 1 is 1.11 bits per heavy atom. The number of hydrogen-bond donors (Lipinski definition) is 3. The van der Waals surface area contributed by atoms with Crippen LogP contribution in [0.2, 0.25) is 0 Å². The van der Waals surface area contributed by atoms with E-state index in [4.69, 9.17) is 5.73 Å². The normalized spacial score (nSPS) is 25.3. The van der Waals surface area contributed by atoms with E-state index >= 15 is 0 Å². The summed E-state index contributed by atoms with van der Waals surface area (Å²) >= 11 is 0. The third kappa shape index (κ3) is 3.52. The lowest BCUT2D eigenvalue weighted by Gasteiger charge is -2.19. The highest BCUT2D eigenvalue weighted by Crippen LogP contribution is 2.39. The highest BCUT2D eigenvalue weighted by atomic mass is 16.3. The fourth-order valence-corrected chi connectivity index (χ4v) is 4.18. The number of hydrogen-bond acceptors (Lipinski definition) is 6. The van der Waals surface area contributed by atoms with Gasteiger partial charge in [-0.2, -0.15) is 0 Å². The number of nitrogens with two attached hydrogens (primary N) is 1. The second kappa shape index (κ2) is 7.62. The highest BCUT2D eigenvalue weighted by Gasteiger charge is 2.42. The molecule has 3 aromatic heterocycles. The Morgan fingerprint density at radius 2 is 2.00 bits per heavy atom. The molecular weight excluding hydrogens is 342 g/mol. The smallest absolute Gasteiger partial charge is 0.145 e. The van der Waals surface area contributed by atoms with Crippen molar-refractivity contribution in [1.29, 1.82) is 0 Å². The van der Waals surface area contributed by atoms with Crippen molar-refractivity contribution < 1.29 is 11.6 Å². The lowest BCUT2D eigenvalue weighted by molar-refractivity contribution is 0.00502. The number of nitrogen functional groups attached to an aromatic ring is 1. The van der Waals surface area contributed by atoms with Crippen LogP contribution in [0.3, 0.4) is 0 Å². The number of aryl methyl sites for hydroxylation is 1. The molecule has 4 rings (SSSR count). The monoisotopic (exact) mass is 369 g/mol. The first-order valence-electron chi connectivity index (χ1n) is 9.48. The molecule has 0 aliphatic heterocycles. The van der Waals surface area contributed by atoms with E-state index in [1.165, 1.54) is 6.33 Å². The van der Waals surface area contributed by atoms with Gasteiger partial charge in [0, 0.05) is 19.5 Å². The summed E-state index contributed by atoms with van der Waals surface area (Å²) in [6.07, 6.45) is 8.16. The van der Waals surface area contributed by atoms with Crippen LogP contribution >= 0.6 is 0 Å². The molecule has 0 radical (unpaired) electrons. The van der Waals surface area contributed by atoms with E-state index in [2.05, 4.69) is 15.0 Å². The number of unbranched alkanes of at least 4 members (excludes halogenated alkanes) is 1. The summed E-state index contributed by atoms with van der Waals surface area (Å²) in [5, 5.41) is 21.9. The van der Waals surface area contributed by atoms with Crippen LogP contribution in [0.5, 0.6) is 0 Å². The number of aliphatic hydroxyl groups is 2. The molecule has 1 fully saturated rings. The maximum absolute atomic E-state index is 10.6. The van der Waals surface area contributed by atoms with Gasteiger partial charge in [0.25, 0.3) is 0 Å². The van der Waals surface area contributed by atoms with Crippen LogP contribution in [0.25, 0.3) is 11.0 Å². The molecule has 3 heterocycles. The third-order valence-corrected chi connectivity index (χ3v) is 5.65. The van der Waals surface area contributed by atoms with E-state index in [0.717, 1.165) is 43.2 Å². The summed E-state index contributed by atoms with van der Waals surface area (Å²) < 4.78 is 1.93. The molecule has 0 spiro atoms. The zero-order chi connectivity index (χ0) is 18.8. The van der Waals surface area contributed by atoms with Gasteiger partial charge < -0.3 is 20.5 Å². The van der Waals surface area contributed by atoms with Crippen molar-refractivity contribution in [2.45, 2.75) is 50.4 Å². The standard InChI is InChI=1S/C20H25N5O2.H2/c21-19-15-8-10-25(20(15)24-12-23-19)16-11-13(17(26)18(16)27)5-1-2-6-14-7-3-4-9-22-14;/h3-4,7-10,12-13,16-18,26-27H,1-2,5-6,11H2,(H2,21,23,24);1H/t13-,16+,17+,18-;/m0./s1. The van der Waals surface area contributed by atoms with Crippen molar-refractivity contribution in [3.63, 3.8) is 0 Å². The zero-order valence-electron chi connectivity index (χ0n) is 15.1. The largest absolute Gasteiger partial charge is 0.390 e. The van der Waals surface area contributed by atoms with E-state index in [0.29, 0.717) is 11.5 Å². The predicted molar refractivity (Wildman–Crippen MR) is 105 cm³/mol. The van der Waals surface area contributed by atoms with Crippen molar-refractivity contribution in [2.24, 2.45) is 5.92 Å². The van der Waals surface area contributed by atoms with Gasteiger partial charge in [-0.05, 0) is 49.8 Å². The second-order valence-electron chi connectivity index (χ2n) is 7.33. The van der Waals surface area contributed by atoms with Crippen LogP contribution < -0.4 is 5.73 Å². The Bertz CT molecular complexity index is 904. The topological polar surface area (TPSA) is 110 Å². The first-order chi connectivity index (χ1) is 13.1. The predicted octanol–water partition coefficient (Wildman–Crippen LogP) is 2.35. The van der Waals surface area contributed by atoms with E-state index < -0.39 is 12.2 Å². The second-order valence-corrected chi connectivity index (χ2v) is 7.33.